The Morgan fingerprint density at radius 2 is 1.93 bits per heavy atom. The van der Waals surface area contributed by atoms with Gasteiger partial charge in [-0.1, -0.05) is 41.4 Å². The lowest BCUT2D eigenvalue weighted by atomic mass is 10.2. The molecule has 2 aromatic carbocycles. The molecule has 0 spiro atoms. The summed E-state index contributed by atoms with van der Waals surface area (Å²) in [6, 6.07) is 9.68. The molecule has 0 saturated carbocycles. The zero-order chi connectivity index (χ0) is 19.8. The predicted octanol–water partition coefficient (Wildman–Crippen LogP) is 4.89. The highest BCUT2D eigenvalue weighted by Crippen LogP contribution is 2.44. The smallest absolute Gasteiger partial charge is 0.429 e. The third-order valence-electron chi connectivity index (χ3n) is 4.54. The number of hydroxylamine groups is 2. The third-order valence-corrected chi connectivity index (χ3v) is 5.28. The lowest BCUT2D eigenvalue weighted by Gasteiger charge is -2.38. The fourth-order valence-corrected chi connectivity index (χ4v) is 3.44. The van der Waals surface area contributed by atoms with Gasteiger partial charge in [-0.05, 0) is 30.7 Å². The highest BCUT2D eigenvalue weighted by molar-refractivity contribution is 6.42. The summed E-state index contributed by atoms with van der Waals surface area (Å²) in [4.78, 5) is 26.7. The topological polar surface area (TPSA) is 69.7 Å². The average molecular weight is 409 g/mol. The summed E-state index contributed by atoms with van der Waals surface area (Å²) in [5.74, 6) is -0.716. The second kappa shape index (κ2) is 7.48. The number of carbonyl (C=O) groups excluding carboxylic acids is 2. The summed E-state index contributed by atoms with van der Waals surface area (Å²) < 4.78 is 3.55. The highest BCUT2D eigenvalue weighted by Gasteiger charge is 2.51. The van der Waals surface area contributed by atoms with E-state index in [-0.39, 0.29) is 18.8 Å². The molecule has 1 aliphatic rings. The van der Waals surface area contributed by atoms with Gasteiger partial charge in [-0.2, -0.15) is 0 Å². The summed E-state index contributed by atoms with van der Waals surface area (Å²) in [7, 11) is 0. The van der Waals surface area contributed by atoms with Gasteiger partial charge in [-0.25, -0.2) is 14.2 Å². The van der Waals surface area contributed by atoms with Crippen LogP contribution in [-0.4, -0.2) is 24.6 Å². The first-order valence-electron chi connectivity index (χ1n) is 8.42. The number of rotatable bonds is 5. The van der Waals surface area contributed by atoms with E-state index < -0.39 is 22.7 Å². The summed E-state index contributed by atoms with van der Waals surface area (Å²) in [6.45, 7) is 3.31. The Labute approximate surface area is 167 Å². The molecule has 0 bridgehead atoms. The van der Waals surface area contributed by atoms with Crippen LogP contribution in [-0.2, 0) is 16.1 Å². The van der Waals surface area contributed by atoms with Gasteiger partial charge in [0.05, 0.1) is 23.2 Å². The molecule has 6 nitrogen and oxygen atoms in total. The van der Waals surface area contributed by atoms with E-state index in [9.17, 15) is 14.8 Å². The minimum absolute atomic E-state index is 0.129. The number of hydrogen-bond donors (Lipinski definition) is 0. The standard InChI is InChI=1S/C19H18Cl2N2O4/c1-3-27-18(24)12(2)23(26)17-7-5-4-6-16(17)22(19(23)25)11-13-8-9-14(20)15(21)10-13/h4-10,12H,3,11H2,1-2H3. The number of quaternary nitrogens is 1. The molecule has 2 aromatic rings. The van der Waals surface area contributed by atoms with Gasteiger partial charge in [-0.3, -0.25) is 4.90 Å². The molecule has 0 fully saturated rings. The van der Waals surface area contributed by atoms with Crippen LogP contribution in [0, 0.1) is 5.21 Å². The average Bonchev–Trinajstić information content (AvgIpc) is 2.87. The number of nitrogens with zero attached hydrogens (tertiary/aromatic N) is 2. The van der Waals surface area contributed by atoms with Crippen LogP contribution in [0.15, 0.2) is 42.5 Å². The number of esters is 1. The van der Waals surface area contributed by atoms with E-state index in [4.69, 9.17) is 27.9 Å². The van der Waals surface area contributed by atoms with E-state index in [1.807, 2.05) is 0 Å². The molecule has 0 saturated heterocycles. The van der Waals surface area contributed by atoms with Crippen LogP contribution in [0.25, 0.3) is 0 Å². The van der Waals surface area contributed by atoms with Crippen molar-refractivity contribution in [2.45, 2.75) is 26.4 Å². The molecule has 142 valence electrons. The van der Waals surface area contributed by atoms with Crippen molar-refractivity contribution in [2.24, 2.45) is 0 Å². The monoisotopic (exact) mass is 408 g/mol. The number of amides is 2. The molecule has 0 N–H and O–H groups in total. The second-order valence-corrected chi connectivity index (χ2v) is 7.01. The van der Waals surface area contributed by atoms with Crippen molar-refractivity contribution in [3.63, 3.8) is 0 Å². The molecule has 2 unspecified atom stereocenters. The quantitative estimate of drug-likeness (QED) is 0.401. The maximum atomic E-state index is 13.6. The molecule has 2 amide bonds. The molecule has 27 heavy (non-hydrogen) atoms. The van der Waals surface area contributed by atoms with Crippen LogP contribution >= 0.6 is 23.2 Å². The SMILES string of the molecule is CCOC(=O)C(C)[N+]1([O-])C(=O)N(Cc2ccc(Cl)c(Cl)c2)c2ccccc21. The number of halogens is 2. The molecule has 0 radical (unpaired) electrons. The molecule has 0 aliphatic carbocycles. The molecule has 0 aromatic heterocycles. The van der Waals surface area contributed by atoms with Crippen molar-refractivity contribution < 1.29 is 14.3 Å². The first-order valence-corrected chi connectivity index (χ1v) is 9.18. The molecule has 2 atom stereocenters. The number of benzene rings is 2. The van der Waals surface area contributed by atoms with Gasteiger partial charge in [0.2, 0.25) is 0 Å². The number of urea groups is 1. The van der Waals surface area contributed by atoms with Gasteiger partial charge in [0.15, 0.2) is 11.7 Å². The lowest BCUT2D eigenvalue weighted by molar-refractivity contribution is -0.146. The van der Waals surface area contributed by atoms with E-state index in [0.29, 0.717) is 21.3 Å². The van der Waals surface area contributed by atoms with E-state index >= 15 is 0 Å². The molecule has 3 rings (SSSR count). The van der Waals surface area contributed by atoms with E-state index in [1.165, 1.54) is 11.8 Å². The van der Waals surface area contributed by atoms with Crippen LogP contribution in [0.2, 0.25) is 10.0 Å². The molecule has 8 heteroatoms. The normalized spacial score (nSPS) is 19.7. The Hall–Kier alpha value is -2.12. The van der Waals surface area contributed by atoms with E-state index in [1.54, 1.807) is 49.4 Å². The summed E-state index contributed by atoms with van der Waals surface area (Å²) in [5.41, 5.74) is 1.38. The molecular formula is C19H18Cl2N2O4. The van der Waals surface area contributed by atoms with Gasteiger partial charge in [0.25, 0.3) is 0 Å². The van der Waals surface area contributed by atoms with Gasteiger partial charge in [0.1, 0.15) is 5.69 Å². The van der Waals surface area contributed by atoms with Gasteiger partial charge in [-0.15, -0.1) is 0 Å². The summed E-state index contributed by atoms with van der Waals surface area (Å²) in [6.07, 6.45) is 0. The fourth-order valence-electron chi connectivity index (χ4n) is 3.12. The Morgan fingerprint density at radius 3 is 2.59 bits per heavy atom. The van der Waals surface area contributed by atoms with Gasteiger partial charge >= 0.3 is 12.0 Å². The van der Waals surface area contributed by atoms with Crippen LogP contribution in [0.3, 0.4) is 0 Å². The number of para-hydroxylation sites is 2. The Balaban J connectivity index is 2.01. The number of anilines is 1. The number of carbonyl (C=O) groups is 2. The largest absolute Gasteiger partial charge is 0.618 e. The molecular weight excluding hydrogens is 391 g/mol. The first kappa shape index (κ1) is 19.6. The van der Waals surface area contributed by atoms with E-state index in [0.717, 1.165) is 0 Å². The maximum absolute atomic E-state index is 13.6. The minimum atomic E-state index is -1.42. The third kappa shape index (κ3) is 3.30. The number of ether oxygens (including phenoxy) is 1. The zero-order valence-electron chi connectivity index (χ0n) is 14.8. The zero-order valence-corrected chi connectivity index (χ0v) is 16.3. The van der Waals surface area contributed by atoms with Crippen LogP contribution in [0.1, 0.15) is 19.4 Å². The Kier molecular flexibility index (Phi) is 5.44. The van der Waals surface area contributed by atoms with Crippen LogP contribution in [0.5, 0.6) is 0 Å². The fraction of sp³-hybridized carbons (Fsp3) is 0.263. The predicted molar refractivity (Wildman–Crippen MR) is 106 cm³/mol. The van der Waals surface area contributed by atoms with Crippen molar-refractivity contribution in [2.75, 3.05) is 11.5 Å². The number of hydrogen-bond acceptors (Lipinski definition) is 4. The summed E-state index contributed by atoms with van der Waals surface area (Å²) >= 11 is 12.0. The number of fused-ring (bicyclic) bond motifs is 1. The maximum Gasteiger partial charge on any atom is 0.429 e. The molecule has 1 heterocycles. The van der Waals surface area contributed by atoms with Crippen molar-refractivity contribution in [1.29, 1.82) is 0 Å². The van der Waals surface area contributed by atoms with Crippen LogP contribution < -0.4 is 9.55 Å². The van der Waals surface area contributed by atoms with Crippen molar-refractivity contribution in [1.82, 2.24) is 4.65 Å². The van der Waals surface area contributed by atoms with E-state index in [2.05, 4.69) is 0 Å². The van der Waals surface area contributed by atoms with Crippen molar-refractivity contribution in [3.8, 4) is 0 Å². The Morgan fingerprint density at radius 1 is 1.22 bits per heavy atom. The first-order chi connectivity index (χ1) is 12.8. The lowest BCUT2D eigenvalue weighted by Crippen LogP contribution is -2.59. The van der Waals surface area contributed by atoms with Crippen molar-refractivity contribution in [3.05, 3.63) is 63.3 Å². The Bertz CT molecular complexity index is 905. The summed E-state index contributed by atoms with van der Waals surface area (Å²) in [5, 5.41) is 14.4. The molecule has 1 aliphatic heterocycles. The van der Waals surface area contributed by atoms with Crippen molar-refractivity contribution >= 4 is 46.6 Å². The highest BCUT2D eigenvalue weighted by atomic mass is 35.5. The second-order valence-electron chi connectivity index (χ2n) is 6.19. The van der Waals surface area contributed by atoms with Crippen LogP contribution in [0.4, 0.5) is 16.2 Å². The van der Waals surface area contributed by atoms with Gasteiger partial charge < -0.3 is 9.94 Å². The van der Waals surface area contributed by atoms with Gasteiger partial charge in [0, 0.05) is 13.0 Å². The minimum Gasteiger partial charge on any atom is -0.618 e.